The fraction of sp³-hybridized carbons (Fsp3) is 0.435. The molecular formula is C23H28N6O2. The van der Waals surface area contributed by atoms with Crippen LogP contribution in [0.25, 0.3) is 16.8 Å². The van der Waals surface area contributed by atoms with Gasteiger partial charge in [0.15, 0.2) is 5.65 Å². The van der Waals surface area contributed by atoms with Gasteiger partial charge in [-0.3, -0.25) is 4.79 Å². The number of anilines is 2. The Labute approximate surface area is 181 Å². The molecule has 0 saturated carbocycles. The van der Waals surface area contributed by atoms with Crippen LogP contribution in [0.1, 0.15) is 12.8 Å². The summed E-state index contributed by atoms with van der Waals surface area (Å²) in [5, 5.41) is 7.76. The van der Waals surface area contributed by atoms with E-state index >= 15 is 0 Å². The highest BCUT2D eigenvalue weighted by Gasteiger charge is 2.28. The van der Waals surface area contributed by atoms with E-state index in [2.05, 4.69) is 28.4 Å². The summed E-state index contributed by atoms with van der Waals surface area (Å²) in [6.45, 7) is 4.17. The quantitative estimate of drug-likeness (QED) is 0.652. The van der Waals surface area contributed by atoms with Gasteiger partial charge >= 0.3 is 0 Å². The minimum absolute atomic E-state index is 0.0570. The number of aromatic nitrogens is 3. The Morgan fingerprint density at radius 2 is 2.03 bits per heavy atom. The predicted octanol–water partition coefficient (Wildman–Crippen LogP) is 2.51. The molecule has 0 radical (unpaired) electrons. The van der Waals surface area contributed by atoms with Crippen LogP contribution in [-0.4, -0.2) is 71.8 Å². The van der Waals surface area contributed by atoms with Crippen LogP contribution in [0.15, 0.2) is 42.7 Å². The van der Waals surface area contributed by atoms with Crippen LogP contribution in [0.5, 0.6) is 0 Å². The highest BCUT2D eigenvalue weighted by molar-refractivity contribution is 5.96. The highest BCUT2D eigenvalue weighted by atomic mass is 16.5. The van der Waals surface area contributed by atoms with Crippen molar-refractivity contribution in [2.24, 2.45) is 5.92 Å². The molecule has 2 aliphatic rings. The Balaban J connectivity index is 1.52. The van der Waals surface area contributed by atoms with Gasteiger partial charge in [-0.15, -0.1) is 0 Å². The SMILES string of the molecule is CN1CCC(C(=O)N2CCOCCNc3ccn4ncc(c4n3)-c3cccc2c3)CC1. The molecule has 8 heteroatoms. The normalized spacial score (nSPS) is 18.7. The van der Waals surface area contributed by atoms with Crippen LogP contribution in [0, 0.1) is 5.92 Å². The van der Waals surface area contributed by atoms with Crippen molar-refractivity contribution >= 4 is 23.1 Å². The van der Waals surface area contributed by atoms with Crippen LogP contribution in [0.4, 0.5) is 11.5 Å². The number of carbonyl (C=O) groups is 1. The van der Waals surface area contributed by atoms with Gasteiger partial charge in [-0.25, -0.2) is 9.50 Å². The number of hydrogen-bond acceptors (Lipinski definition) is 6. The zero-order chi connectivity index (χ0) is 21.2. The molecule has 162 valence electrons. The zero-order valence-corrected chi connectivity index (χ0v) is 17.8. The first-order valence-corrected chi connectivity index (χ1v) is 11.0. The maximum absolute atomic E-state index is 13.5. The van der Waals surface area contributed by atoms with E-state index in [9.17, 15) is 4.79 Å². The zero-order valence-electron chi connectivity index (χ0n) is 17.8. The molecule has 31 heavy (non-hydrogen) atoms. The topological polar surface area (TPSA) is 75.0 Å². The highest BCUT2D eigenvalue weighted by Crippen LogP contribution is 2.30. The molecule has 1 saturated heterocycles. The number of likely N-dealkylation sites (tertiary alicyclic amines) is 1. The second kappa shape index (κ2) is 8.64. The Morgan fingerprint density at radius 1 is 1.16 bits per heavy atom. The first kappa shape index (κ1) is 20.0. The van der Waals surface area contributed by atoms with Crippen LogP contribution >= 0.6 is 0 Å². The molecule has 5 rings (SSSR count). The lowest BCUT2D eigenvalue weighted by molar-refractivity contribution is -0.123. The monoisotopic (exact) mass is 420 g/mol. The van der Waals surface area contributed by atoms with Crippen LogP contribution < -0.4 is 10.2 Å². The average Bonchev–Trinajstić information content (AvgIpc) is 3.22. The molecule has 1 amide bonds. The number of carbonyl (C=O) groups excluding carboxylic acids is 1. The van der Waals surface area contributed by atoms with Gasteiger partial charge < -0.3 is 19.9 Å². The Kier molecular flexibility index (Phi) is 5.57. The van der Waals surface area contributed by atoms with Crippen molar-refractivity contribution in [2.75, 3.05) is 56.7 Å². The van der Waals surface area contributed by atoms with E-state index in [0.717, 1.165) is 54.2 Å². The summed E-state index contributed by atoms with van der Waals surface area (Å²) in [6, 6.07) is 10.0. The minimum atomic E-state index is 0.0570. The van der Waals surface area contributed by atoms with Crippen LogP contribution in [0.2, 0.25) is 0 Å². The minimum Gasteiger partial charge on any atom is -0.378 e. The molecule has 8 nitrogen and oxygen atoms in total. The number of hydrogen-bond donors (Lipinski definition) is 1. The fourth-order valence-electron chi connectivity index (χ4n) is 4.36. The standard InChI is InChI=1S/C23H28N6O2/c1-27-9-5-17(6-10-27)23(30)28-12-14-31-13-8-24-21-7-11-29-22(26-21)20(16-25-29)18-3-2-4-19(28)15-18/h2-4,7,11,15-17H,5-6,8-10,12-14H2,1H3,(H,24,26). The smallest absolute Gasteiger partial charge is 0.230 e. The fourth-order valence-corrected chi connectivity index (χ4v) is 4.36. The second-order valence-corrected chi connectivity index (χ2v) is 8.30. The molecule has 0 aliphatic carbocycles. The molecular weight excluding hydrogens is 392 g/mol. The molecule has 4 bridgehead atoms. The summed E-state index contributed by atoms with van der Waals surface area (Å²) >= 11 is 0. The molecule has 1 N–H and O–H groups in total. The van der Waals surface area contributed by atoms with Crippen molar-refractivity contribution in [3.63, 3.8) is 0 Å². The van der Waals surface area contributed by atoms with E-state index in [1.54, 1.807) is 4.52 Å². The van der Waals surface area contributed by atoms with E-state index in [1.165, 1.54) is 0 Å². The van der Waals surface area contributed by atoms with Gasteiger partial charge in [0, 0.05) is 36.5 Å². The molecule has 1 aromatic carbocycles. The summed E-state index contributed by atoms with van der Waals surface area (Å²) < 4.78 is 7.61. The Bertz CT molecular complexity index is 1070. The van der Waals surface area contributed by atoms with E-state index in [4.69, 9.17) is 9.72 Å². The average molecular weight is 421 g/mol. The molecule has 0 spiro atoms. The number of nitrogens with one attached hydrogen (secondary N) is 1. The lowest BCUT2D eigenvalue weighted by Crippen LogP contribution is -2.43. The van der Waals surface area contributed by atoms with Gasteiger partial charge in [-0.1, -0.05) is 12.1 Å². The number of piperidine rings is 1. The molecule has 2 aliphatic heterocycles. The van der Waals surface area contributed by atoms with Gasteiger partial charge in [0.1, 0.15) is 5.82 Å². The summed E-state index contributed by atoms with van der Waals surface area (Å²) in [5.74, 6) is 1.05. The number of rotatable bonds is 1. The molecule has 1 fully saturated rings. The Hall–Kier alpha value is -2.97. The summed E-state index contributed by atoms with van der Waals surface area (Å²) in [5.41, 5.74) is 3.63. The lowest BCUT2D eigenvalue weighted by atomic mass is 9.95. The van der Waals surface area contributed by atoms with Gasteiger partial charge in [-0.2, -0.15) is 5.10 Å². The maximum atomic E-state index is 13.5. The number of ether oxygens (including phenoxy) is 1. The van der Waals surface area contributed by atoms with Crippen LogP contribution in [-0.2, 0) is 9.53 Å². The molecule has 0 unspecified atom stereocenters. The third-order valence-electron chi connectivity index (χ3n) is 6.18. The summed E-state index contributed by atoms with van der Waals surface area (Å²) in [6.07, 6.45) is 5.54. The van der Waals surface area contributed by atoms with Crippen molar-refractivity contribution in [3.8, 4) is 11.1 Å². The predicted molar refractivity (Wildman–Crippen MR) is 120 cm³/mol. The number of fused-ring (bicyclic) bond motifs is 4. The van der Waals surface area contributed by atoms with E-state index < -0.39 is 0 Å². The van der Waals surface area contributed by atoms with Gasteiger partial charge in [0.05, 0.1) is 19.4 Å². The summed E-state index contributed by atoms with van der Waals surface area (Å²) in [7, 11) is 2.11. The first-order chi connectivity index (χ1) is 15.2. The summed E-state index contributed by atoms with van der Waals surface area (Å²) in [4.78, 5) is 22.4. The third-order valence-corrected chi connectivity index (χ3v) is 6.18. The van der Waals surface area contributed by atoms with Crippen molar-refractivity contribution in [3.05, 3.63) is 42.7 Å². The maximum Gasteiger partial charge on any atom is 0.230 e. The molecule has 4 heterocycles. The second-order valence-electron chi connectivity index (χ2n) is 8.30. The number of amides is 1. The lowest BCUT2D eigenvalue weighted by Gasteiger charge is -2.32. The third kappa shape index (κ3) is 4.13. The van der Waals surface area contributed by atoms with Crippen molar-refractivity contribution in [2.45, 2.75) is 12.8 Å². The van der Waals surface area contributed by atoms with E-state index in [-0.39, 0.29) is 11.8 Å². The van der Waals surface area contributed by atoms with Gasteiger partial charge in [0.2, 0.25) is 5.91 Å². The van der Waals surface area contributed by atoms with Gasteiger partial charge in [-0.05, 0) is 56.7 Å². The van der Waals surface area contributed by atoms with Crippen molar-refractivity contribution in [1.82, 2.24) is 19.5 Å². The van der Waals surface area contributed by atoms with E-state index in [1.807, 2.05) is 41.6 Å². The Morgan fingerprint density at radius 3 is 2.90 bits per heavy atom. The number of nitrogens with zero attached hydrogens (tertiary/aromatic N) is 5. The van der Waals surface area contributed by atoms with E-state index in [0.29, 0.717) is 26.3 Å². The van der Waals surface area contributed by atoms with Gasteiger partial charge in [0.25, 0.3) is 0 Å². The molecule has 3 aromatic rings. The number of benzene rings is 1. The van der Waals surface area contributed by atoms with Crippen molar-refractivity contribution in [1.29, 1.82) is 0 Å². The molecule has 0 atom stereocenters. The largest absolute Gasteiger partial charge is 0.378 e. The van der Waals surface area contributed by atoms with Crippen LogP contribution in [0.3, 0.4) is 0 Å². The molecule has 2 aromatic heterocycles. The first-order valence-electron chi connectivity index (χ1n) is 11.0. The van der Waals surface area contributed by atoms with Crippen molar-refractivity contribution < 1.29 is 9.53 Å².